The maximum Gasteiger partial charge on any atom is 0.181 e. The number of halogens is 2. The van der Waals surface area contributed by atoms with Crippen LogP contribution in [-0.2, 0) is 5.75 Å². The van der Waals surface area contributed by atoms with E-state index < -0.39 is 0 Å². The summed E-state index contributed by atoms with van der Waals surface area (Å²) in [4.78, 5) is 8.83. The van der Waals surface area contributed by atoms with Crippen LogP contribution in [0.1, 0.15) is 5.56 Å². The Hall–Kier alpha value is -2.73. The summed E-state index contributed by atoms with van der Waals surface area (Å²) in [6.45, 7) is 0. The molecule has 5 aromatic rings. The van der Waals surface area contributed by atoms with E-state index in [2.05, 4.69) is 9.55 Å². The third kappa shape index (κ3) is 3.84. The second kappa shape index (κ2) is 8.19. The van der Waals surface area contributed by atoms with Crippen LogP contribution < -0.4 is 0 Å². The Labute approximate surface area is 187 Å². The van der Waals surface area contributed by atoms with Crippen molar-refractivity contribution in [2.24, 2.45) is 0 Å². The second-order valence-electron chi connectivity index (χ2n) is 6.69. The van der Waals surface area contributed by atoms with Gasteiger partial charge in [-0.3, -0.25) is 4.57 Å². The molecular weight excluding hydrogens is 437 g/mol. The molecule has 0 amide bonds. The zero-order valence-electron chi connectivity index (χ0n) is 15.6. The first-order valence-corrected chi connectivity index (χ1v) is 11.0. The Morgan fingerprint density at radius 1 is 0.900 bits per heavy atom. The van der Waals surface area contributed by atoms with Crippen LogP contribution in [-0.4, -0.2) is 14.5 Å². The lowest BCUT2D eigenvalue weighted by molar-refractivity contribution is 0.572. The van der Waals surface area contributed by atoms with Crippen LogP contribution in [0.25, 0.3) is 28.0 Å². The highest BCUT2D eigenvalue weighted by Crippen LogP contribution is 2.32. The average Bonchev–Trinajstić information content (AvgIpc) is 3.41. The van der Waals surface area contributed by atoms with Crippen molar-refractivity contribution in [3.63, 3.8) is 0 Å². The molecule has 0 atom stereocenters. The van der Waals surface area contributed by atoms with Gasteiger partial charge in [0.2, 0.25) is 0 Å². The van der Waals surface area contributed by atoms with E-state index in [-0.39, 0.29) is 0 Å². The van der Waals surface area contributed by atoms with E-state index >= 15 is 0 Å². The molecule has 7 heteroatoms. The van der Waals surface area contributed by atoms with Crippen molar-refractivity contribution in [3.8, 4) is 17.0 Å². The number of fused-ring (bicyclic) bond motifs is 1. The molecule has 0 bridgehead atoms. The molecule has 30 heavy (non-hydrogen) atoms. The summed E-state index contributed by atoms with van der Waals surface area (Å²) in [7, 11) is 0. The third-order valence-electron chi connectivity index (χ3n) is 4.71. The van der Waals surface area contributed by atoms with E-state index in [0.717, 1.165) is 44.0 Å². The molecular formula is C23H15Cl2N3OS. The fourth-order valence-electron chi connectivity index (χ4n) is 3.23. The molecule has 0 fully saturated rings. The predicted octanol–water partition coefficient (Wildman–Crippen LogP) is 7.28. The largest absolute Gasteiger partial charge is 0.444 e. The van der Waals surface area contributed by atoms with Gasteiger partial charge in [0.25, 0.3) is 0 Å². The Morgan fingerprint density at radius 3 is 2.40 bits per heavy atom. The maximum atomic E-state index is 6.29. The fraction of sp³-hybridized carbons (Fsp3) is 0.0435. The van der Waals surface area contributed by atoms with Crippen LogP contribution in [0.2, 0.25) is 10.0 Å². The second-order valence-corrected chi connectivity index (χ2v) is 8.51. The highest BCUT2D eigenvalue weighted by atomic mass is 35.5. The Bertz CT molecular complexity index is 1300. The van der Waals surface area contributed by atoms with Crippen LogP contribution in [0.15, 0.2) is 88.9 Å². The number of hydrogen-bond donors (Lipinski definition) is 0. The van der Waals surface area contributed by atoms with Crippen LogP contribution in [0.3, 0.4) is 0 Å². The minimum absolute atomic E-state index is 0.677. The molecule has 0 aliphatic heterocycles. The lowest BCUT2D eigenvalue weighted by Gasteiger charge is -2.10. The molecule has 5 rings (SSSR count). The number of imidazole rings is 1. The van der Waals surface area contributed by atoms with Crippen LogP contribution >= 0.6 is 35.0 Å². The minimum atomic E-state index is 0.677. The predicted molar refractivity (Wildman–Crippen MR) is 123 cm³/mol. The summed E-state index contributed by atoms with van der Waals surface area (Å²) < 4.78 is 7.53. The van der Waals surface area contributed by atoms with E-state index in [1.807, 2.05) is 66.7 Å². The number of aromatic nitrogens is 3. The topological polar surface area (TPSA) is 43.9 Å². The fourth-order valence-corrected chi connectivity index (χ4v) is 4.51. The molecule has 0 saturated carbocycles. The average molecular weight is 452 g/mol. The quantitative estimate of drug-likeness (QED) is 0.263. The van der Waals surface area contributed by atoms with Gasteiger partial charge in [-0.05, 0) is 60.2 Å². The molecule has 0 saturated heterocycles. The summed E-state index contributed by atoms with van der Waals surface area (Å²) in [5, 5.41) is 2.31. The zero-order chi connectivity index (χ0) is 20.5. The van der Waals surface area contributed by atoms with Gasteiger partial charge in [0.15, 0.2) is 17.3 Å². The number of hydrogen-bond acceptors (Lipinski definition) is 4. The van der Waals surface area contributed by atoms with E-state index in [1.165, 1.54) is 12.0 Å². The van der Waals surface area contributed by atoms with E-state index in [4.69, 9.17) is 32.6 Å². The van der Waals surface area contributed by atoms with Gasteiger partial charge in [-0.1, -0.05) is 47.1 Å². The highest BCUT2D eigenvalue weighted by Gasteiger charge is 2.14. The molecule has 0 aliphatic rings. The van der Waals surface area contributed by atoms with Crippen LogP contribution in [0.4, 0.5) is 0 Å². The molecule has 3 aromatic carbocycles. The molecule has 0 radical (unpaired) electrons. The van der Waals surface area contributed by atoms with Crippen molar-refractivity contribution < 1.29 is 4.42 Å². The molecule has 2 aromatic heterocycles. The minimum Gasteiger partial charge on any atom is -0.444 e. The van der Waals surface area contributed by atoms with Crippen molar-refractivity contribution in [2.75, 3.05) is 0 Å². The van der Waals surface area contributed by atoms with Gasteiger partial charge in [0.05, 0.1) is 17.2 Å². The van der Waals surface area contributed by atoms with Gasteiger partial charge >= 0.3 is 0 Å². The number of oxazole rings is 1. The first kappa shape index (κ1) is 19.2. The summed E-state index contributed by atoms with van der Waals surface area (Å²) in [6, 6.07) is 21.8. The molecule has 0 aliphatic carbocycles. The van der Waals surface area contributed by atoms with Crippen molar-refractivity contribution in [1.29, 1.82) is 0 Å². The van der Waals surface area contributed by atoms with Gasteiger partial charge in [-0.15, -0.1) is 0 Å². The number of thioether (sulfide) groups is 1. The van der Waals surface area contributed by atoms with Crippen molar-refractivity contribution in [3.05, 3.63) is 94.9 Å². The SMILES string of the molecule is Clc1ccc(CSc2nc3ccc(Cl)cc3n2-c2ccc(-c3cnco3)cc2)cc1. The van der Waals surface area contributed by atoms with Crippen molar-refractivity contribution >= 4 is 46.0 Å². The van der Waals surface area contributed by atoms with Gasteiger partial charge in [0, 0.05) is 27.0 Å². The zero-order valence-corrected chi connectivity index (χ0v) is 18.0. The van der Waals surface area contributed by atoms with Crippen LogP contribution in [0.5, 0.6) is 0 Å². The van der Waals surface area contributed by atoms with Gasteiger partial charge in [-0.25, -0.2) is 9.97 Å². The van der Waals surface area contributed by atoms with Crippen LogP contribution in [0, 0.1) is 0 Å². The molecule has 148 valence electrons. The normalized spacial score (nSPS) is 11.3. The monoisotopic (exact) mass is 451 g/mol. The molecule has 0 N–H and O–H groups in total. The molecule has 4 nitrogen and oxygen atoms in total. The summed E-state index contributed by atoms with van der Waals surface area (Å²) in [6.07, 6.45) is 3.13. The van der Waals surface area contributed by atoms with E-state index in [0.29, 0.717) is 5.02 Å². The van der Waals surface area contributed by atoms with Crippen molar-refractivity contribution in [2.45, 2.75) is 10.9 Å². The first-order chi connectivity index (χ1) is 14.7. The molecule has 0 spiro atoms. The third-order valence-corrected chi connectivity index (χ3v) is 6.21. The van der Waals surface area contributed by atoms with Gasteiger partial charge in [0.1, 0.15) is 0 Å². The smallest absolute Gasteiger partial charge is 0.181 e. The maximum absolute atomic E-state index is 6.29. The number of benzene rings is 3. The molecule has 2 heterocycles. The standard InChI is InChI=1S/C23H15Cl2N3OS/c24-17-5-1-15(2-6-17)13-30-23-27-20-10-7-18(25)11-21(20)28(23)19-8-3-16(4-9-19)22-12-26-14-29-22/h1-12,14H,13H2. The van der Waals surface area contributed by atoms with Crippen molar-refractivity contribution in [1.82, 2.24) is 14.5 Å². The Morgan fingerprint density at radius 2 is 1.67 bits per heavy atom. The van der Waals surface area contributed by atoms with Gasteiger partial charge < -0.3 is 4.42 Å². The molecule has 0 unspecified atom stereocenters. The highest BCUT2D eigenvalue weighted by molar-refractivity contribution is 7.98. The summed E-state index contributed by atoms with van der Waals surface area (Å²) in [5.74, 6) is 1.52. The first-order valence-electron chi connectivity index (χ1n) is 9.22. The van der Waals surface area contributed by atoms with E-state index in [1.54, 1.807) is 18.0 Å². The lowest BCUT2D eigenvalue weighted by Crippen LogP contribution is -1.97. The Balaban J connectivity index is 1.54. The number of nitrogens with zero attached hydrogens (tertiary/aromatic N) is 3. The van der Waals surface area contributed by atoms with Gasteiger partial charge in [-0.2, -0.15) is 0 Å². The summed E-state index contributed by atoms with van der Waals surface area (Å²) >= 11 is 14.0. The lowest BCUT2D eigenvalue weighted by atomic mass is 10.1. The Kier molecular flexibility index (Phi) is 5.25. The van der Waals surface area contributed by atoms with E-state index in [9.17, 15) is 0 Å². The number of rotatable bonds is 5. The summed E-state index contributed by atoms with van der Waals surface area (Å²) in [5.41, 5.74) is 5.02.